The van der Waals surface area contributed by atoms with Gasteiger partial charge >= 0.3 is 0 Å². The van der Waals surface area contributed by atoms with Gasteiger partial charge in [0.1, 0.15) is 0 Å². The zero-order valence-electron chi connectivity index (χ0n) is 12.4. The smallest absolute Gasteiger partial charge is 0.186 e. The minimum absolute atomic E-state index is 0.109. The second-order valence-electron chi connectivity index (χ2n) is 5.09. The zero-order chi connectivity index (χ0) is 17.1. The Morgan fingerprint density at radius 2 is 1.58 bits per heavy atom. The Balaban J connectivity index is 2.02. The highest BCUT2D eigenvalue weighted by Gasteiger charge is 2.16. The minimum Gasteiger partial charge on any atom is -0.349 e. The molecule has 124 valence electrons. The van der Waals surface area contributed by atoms with Gasteiger partial charge in [-0.3, -0.25) is 0 Å². The zero-order valence-corrected chi connectivity index (χ0v) is 15.7. The first-order chi connectivity index (χ1) is 11.5. The van der Waals surface area contributed by atoms with Crippen molar-refractivity contribution in [3.05, 3.63) is 70.7 Å². The van der Waals surface area contributed by atoms with E-state index in [2.05, 4.69) is 0 Å². The van der Waals surface area contributed by atoms with Crippen LogP contribution in [0.3, 0.4) is 0 Å². The molecule has 3 aromatic carbocycles. The minimum atomic E-state index is -2.09. The first kappa shape index (κ1) is 17.8. The molecule has 0 bridgehead atoms. The molecule has 0 atom stereocenters. The van der Waals surface area contributed by atoms with Crippen molar-refractivity contribution in [2.24, 2.45) is 0 Å². The van der Waals surface area contributed by atoms with E-state index in [-0.39, 0.29) is 6.29 Å². The number of anilines is 1. The second-order valence-corrected chi connectivity index (χ2v) is 8.08. The van der Waals surface area contributed by atoms with Gasteiger partial charge in [0.05, 0.1) is 12.0 Å². The second kappa shape index (κ2) is 7.92. The molecular formula is C17H14Cl2NO2PS. The first-order valence-electron chi connectivity index (χ1n) is 7.07. The van der Waals surface area contributed by atoms with E-state index in [1.807, 2.05) is 46.8 Å². The summed E-state index contributed by atoms with van der Waals surface area (Å²) in [6, 6.07) is 19.2. The lowest BCUT2D eigenvalue weighted by Crippen LogP contribution is -2.15. The van der Waals surface area contributed by atoms with E-state index in [1.165, 1.54) is 11.9 Å². The normalized spacial score (nSPS) is 11.2. The predicted molar refractivity (Wildman–Crippen MR) is 105 cm³/mol. The summed E-state index contributed by atoms with van der Waals surface area (Å²) >= 11 is 13.5. The monoisotopic (exact) mass is 397 g/mol. The van der Waals surface area contributed by atoms with Crippen molar-refractivity contribution in [1.82, 2.24) is 0 Å². The highest BCUT2D eigenvalue weighted by molar-refractivity contribution is 8.01. The molecule has 0 amide bonds. The molecule has 3 nitrogen and oxygen atoms in total. The lowest BCUT2D eigenvalue weighted by atomic mass is 10.1. The highest BCUT2D eigenvalue weighted by atomic mass is 35.5. The van der Waals surface area contributed by atoms with Crippen molar-refractivity contribution < 1.29 is 9.79 Å². The van der Waals surface area contributed by atoms with Crippen LogP contribution in [0.25, 0.3) is 10.8 Å². The van der Waals surface area contributed by atoms with Crippen LogP contribution >= 0.6 is 43.5 Å². The van der Waals surface area contributed by atoms with E-state index in [4.69, 9.17) is 23.2 Å². The molecule has 0 unspecified atom stereocenters. The Labute approximate surface area is 155 Å². The van der Waals surface area contributed by atoms with Crippen LogP contribution < -0.4 is 4.31 Å². The van der Waals surface area contributed by atoms with Crippen LogP contribution in [0.1, 0.15) is 0 Å². The number of hydrogen-bond acceptors (Lipinski definition) is 4. The number of nitrogens with zero attached hydrogens (tertiary/aromatic N) is 1. The third-order valence-corrected chi connectivity index (χ3v) is 5.50. The van der Waals surface area contributed by atoms with Crippen molar-refractivity contribution in [1.29, 1.82) is 0 Å². The van der Waals surface area contributed by atoms with Crippen LogP contribution in [0.5, 0.6) is 0 Å². The molecule has 3 rings (SSSR count). The molecule has 0 aliphatic rings. The number of halogens is 2. The van der Waals surface area contributed by atoms with E-state index in [1.54, 1.807) is 18.2 Å². The molecule has 0 radical (unpaired) electrons. The molecule has 0 aliphatic heterocycles. The Morgan fingerprint density at radius 1 is 0.917 bits per heavy atom. The maximum atomic E-state index is 9.56. The summed E-state index contributed by atoms with van der Waals surface area (Å²) < 4.78 is 1.86. The van der Waals surface area contributed by atoms with E-state index in [0.717, 1.165) is 21.4 Å². The van der Waals surface area contributed by atoms with Gasteiger partial charge in [0.15, 0.2) is 8.38 Å². The number of rotatable bonds is 5. The largest absolute Gasteiger partial charge is 0.349 e. The van der Waals surface area contributed by atoms with E-state index >= 15 is 0 Å². The van der Waals surface area contributed by atoms with Crippen molar-refractivity contribution in [2.45, 2.75) is 4.90 Å². The van der Waals surface area contributed by atoms with Crippen LogP contribution in [0.4, 0.5) is 5.69 Å². The molecule has 0 fully saturated rings. The first-order valence-corrected chi connectivity index (χ1v) is 10.0. The van der Waals surface area contributed by atoms with Crippen molar-refractivity contribution in [3.8, 4) is 0 Å². The molecule has 0 aromatic heterocycles. The molecule has 7 heteroatoms. The van der Waals surface area contributed by atoms with Gasteiger partial charge in [-0.25, -0.2) is 0 Å². The summed E-state index contributed by atoms with van der Waals surface area (Å²) in [5.74, 6) is 0. The topological polar surface area (TPSA) is 43.7 Å². The molecule has 2 N–H and O–H groups in total. The highest BCUT2D eigenvalue weighted by Crippen LogP contribution is 2.40. The van der Waals surface area contributed by atoms with Crippen molar-refractivity contribution in [3.63, 3.8) is 0 Å². The SMILES string of the molecule is OP(O)CN(Sc1cc(Cl)cc(Cl)c1)c1cccc2ccccc12. The van der Waals surface area contributed by atoms with E-state index < -0.39 is 8.38 Å². The van der Waals surface area contributed by atoms with Crippen LogP contribution in [-0.4, -0.2) is 16.1 Å². The fourth-order valence-electron chi connectivity index (χ4n) is 2.40. The van der Waals surface area contributed by atoms with Gasteiger partial charge in [-0.15, -0.1) is 0 Å². The fourth-order valence-corrected chi connectivity index (χ4v) is 4.85. The molecular weight excluding hydrogens is 384 g/mol. The third kappa shape index (κ3) is 4.34. The summed E-state index contributed by atoms with van der Waals surface area (Å²) in [7, 11) is -2.09. The predicted octanol–water partition coefficient (Wildman–Crippen LogP) is 5.91. The number of benzene rings is 3. The summed E-state index contributed by atoms with van der Waals surface area (Å²) in [5.41, 5.74) is 0.907. The standard InChI is InChI=1S/C17H14Cl2NO2PS/c18-13-8-14(19)10-15(9-13)24-20(11-23(21)22)17-7-3-5-12-4-1-2-6-16(12)17/h1-10,21-22H,11H2. The lowest BCUT2D eigenvalue weighted by Gasteiger charge is -2.25. The maximum absolute atomic E-state index is 9.56. The van der Waals surface area contributed by atoms with Gasteiger partial charge in [-0.1, -0.05) is 59.6 Å². The Bertz CT molecular complexity index is 837. The van der Waals surface area contributed by atoms with Gasteiger partial charge in [0.25, 0.3) is 0 Å². The number of fused-ring (bicyclic) bond motifs is 1. The van der Waals surface area contributed by atoms with E-state index in [0.29, 0.717) is 10.0 Å². The summed E-state index contributed by atoms with van der Waals surface area (Å²) in [6.45, 7) is 0. The molecule has 3 aromatic rings. The Kier molecular flexibility index (Phi) is 5.88. The average molecular weight is 398 g/mol. The van der Waals surface area contributed by atoms with Crippen LogP contribution in [0.15, 0.2) is 65.6 Å². The maximum Gasteiger partial charge on any atom is 0.186 e. The number of hydrogen-bond donors (Lipinski definition) is 2. The molecule has 24 heavy (non-hydrogen) atoms. The quantitative estimate of drug-likeness (QED) is 0.414. The Hall–Kier alpha value is -1.00. The molecule has 0 saturated carbocycles. The summed E-state index contributed by atoms with van der Waals surface area (Å²) in [5, 5.41) is 3.21. The molecule has 0 heterocycles. The fraction of sp³-hybridized carbons (Fsp3) is 0.0588. The Morgan fingerprint density at radius 3 is 2.29 bits per heavy atom. The van der Waals surface area contributed by atoms with Gasteiger partial charge in [0.2, 0.25) is 0 Å². The molecule has 0 saturated heterocycles. The third-order valence-electron chi connectivity index (χ3n) is 3.34. The van der Waals surface area contributed by atoms with Gasteiger partial charge in [-0.05, 0) is 41.6 Å². The molecule has 0 spiro atoms. The van der Waals surface area contributed by atoms with Crippen molar-refractivity contribution >= 4 is 60.0 Å². The van der Waals surface area contributed by atoms with Gasteiger partial charge in [-0.2, -0.15) is 0 Å². The average Bonchev–Trinajstić information content (AvgIpc) is 2.52. The van der Waals surface area contributed by atoms with Crippen LogP contribution in [0.2, 0.25) is 10.0 Å². The van der Waals surface area contributed by atoms with Crippen molar-refractivity contribution in [2.75, 3.05) is 10.6 Å². The van der Waals surface area contributed by atoms with E-state index in [9.17, 15) is 9.79 Å². The summed E-state index contributed by atoms with van der Waals surface area (Å²) in [4.78, 5) is 19.9. The molecule has 0 aliphatic carbocycles. The van der Waals surface area contributed by atoms with Gasteiger partial charge in [0, 0.05) is 20.3 Å². The van der Waals surface area contributed by atoms with Crippen LogP contribution in [-0.2, 0) is 0 Å². The van der Waals surface area contributed by atoms with Gasteiger partial charge < -0.3 is 14.1 Å². The van der Waals surface area contributed by atoms with Crippen LogP contribution in [0, 0.1) is 0 Å². The summed E-state index contributed by atoms with van der Waals surface area (Å²) in [6.07, 6.45) is 0.109. The lowest BCUT2D eigenvalue weighted by molar-refractivity contribution is 0.484.